The molecule has 2 saturated heterocycles. The summed E-state index contributed by atoms with van der Waals surface area (Å²) in [4.78, 5) is 12.6. The van der Waals surface area contributed by atoms with Crippen LogP contribution in [-0.2, 0) is 14.6 Å². The van der Waals surface area contributed by atoms with E-state index >= 15 is 0 Å². The van der Waals surface area contributed by atoms with Crippen LogP contribution in [0.5, 0.6) is 0 Å². The number of amides is 2. The summed E-state index contributed by atoms with van der Waals surface area (Å²) in [6.07, 6.45) is 11.9. The van der Waals surface area contributed by atoms with Gasteiger partial charge in [-0.05, 0) is 50.4 Å². The molecule has 3 atom stereocenters. The molecule has 148 valence electrons. The van der Waals surface area contributed by atoms with Crippen molar-refractivity contribution in [1.82, 2.24) is 10.6 Å². The molecule has 0 radical (unpaired) electrons. The van der Waals surface area contributed by atoms with E-state index in [0.717, 1.165) is 12.8 Å². The molecule has 4 rings (SSSR count). The van der Waals surface area contributed by atoms with Crippen molar-refractivity contribution in [3.8, 4) is 0 Å². The molecule has 2 heterocycles. The minimum Gasteiger partial charge on any atom is -0.374 e. The van der Waals surface area contributed by atoms with Crippen LogP contribution in [0.1, 0.15) is 70.6 Å². The first-order chi connectivity index (χ1) is 12.4. The maximum Gasteiger partial charge on any atom is 0.315 e. The van der Waals surface area contributed by atoms with E-state index in [2.05, 4.69) is 10.6 Å². The summed E-state index contributed by atoms with van der Waals surface area (Å²) in [6, 6.07) is 0.217. The van der Waals surface area contributed by atoms with Gasteiger partial charge >= 0.3 is 6.03 Å². The molecule has 26 heavy (non-hydrogen) atoms. The number of carbonyl (C=O) groups excluding carboxylic acids is 1. The van der Waals surface area contributed by atoms with Crippen molar-refractivity contribution in [3.05, 3.63) is 0 Å². The number of sulfone groups is 1. The van der Waals surface area contributed by atoms with Crippen molar-refractivity contribution in [3.63, 3.8) is 0 Å². The molecule has 6 nitrogen and oxygen atoms in total. The molecule has 0 bridgehead atoms. The van der Waals surface area contributed by atoms with E-state index < -0.39 is 15.4 Å². The third-order valence-corrected chi connectivity index (χ3v) is 9.03. The molecule has 3 unspecified atom stereocenters. The van der Waals surface area contributed by atoms with Crippen molar-refractivity contribution in [2.75, 3.05) is 18.1 Å². The number of nitrogens with one attached hydrogen (secondary N) is 2. The van der Waals surface area contributed by atoms with Gasteiger partial charge in [-0.3, -0.25) is 0 Å². The fourth-order valence-electron chi connectivity index (χ4n) is 5.92. The normalized spacial score (nSPS) is 38.5. The second kappa shape index (κ2) is 6.97. The zero-order chi connectivity index (χ0) is 18.3. The van der Waals surface area contributed by atoms with Gasteiger partial charge in [-0.2, -0.15) is 0 Å². The summed E-state index contributed by atoms with van der Waals surface area (Å²) in [5.41, 5.74) is -0.251. The molecular weight excluding hydrogens is 352 g/mol. The average molecular weight is 385 g/mol. The Morgan fingerprint density at radius 1 is 0.962 bits per heavy atom. The largest absolute Gasteiger partial charge is 0.374 e. The Labute approximate surface area is 156 Å². The summed E-state index contributed by atoms with van der Waals surface area (Å²) in [7, 11) is -3.00. The van der Waals surface area contributed by atoms with E-state index in [9.17, 15) is 13.2 Å². The summed E-state index contributed by atoms with van der Waals surface area (Å²) < 4.78 is 29.6. The van der Waals surface area contributed by atoms with Crippen LogP contribution in [0.2, 0.25) is 0 Å². The van der Waals surface area contributed by atoms with Gasteiger partial charge in [-0.15, -0.1) is 0 Å². The summed E-state index contributed by atoms with van der Waals surface area (Å²) in [5.74, 6) is 0.308. The topological polar surface area (TPSA) is 84.5 Å². The van der Waals surface area contributed by atoms with Gasteiger partial charge in [0.15, 0.2) is 9.84 Å². The van der Waals surface area contributed by atoms with Crippen molar-refractivity contribution in [2.45, 2.75) is 88.3 Å². The first-order valence-electron chi connectivity index (χ1n) is 10.3. The third-order valence-electron chi connectivity index (χ3n) is 7.24. The van der Waals surface area contributed by atoms with Crippen LogP contribution < -0.4 is 10.6 Å². The van der Waals surface area contributed by atoms with E-state index in [0.29, 0.717) is 30.9 Å². The number of ether oxygens (including phenoxy) is 1. The maximum atomic E-state index is 12.6. The van der Waals surface area contributed by atoms with Crippen LogP contribution in [0.3, 0.4) is 0 Å². The lowest BCUT2D eigenvalue weighted by Gasteiger charge is -2.40. The Hall–Kier alpha value is -0.820. The summed E-state index contributed by atoms with van der Waals surface area (Å²) >= 11 is 0. The molecule has 0 aromatic carbocycles. The maximum absolute atomic E-state index is 12.6. The van der Waals surface area contributed by atoms with Gasteiger partial charge in [0, 0.05) is 18.7 Å². The van der Waals surface area contributed by atoms with Crippen LogP contribution in [-0.4, -0.2) is 50.2 Å². The fraction of sp³-hybridized carbons (Fsp3) is 0.947. The highest BCUT2D eigenvalue weighted by Crippen LogP contribution is 2.49. The van der Waals surface area contributed by atoms with Crippen molar-refractivity contribution in [2.24, 2.45) is 5.41 Å². The highest BCUT2D eigenvalue weighted by Gasteiger charge is 2.47. The van der Waals surface area contributed by atoms with Gasteiger partial charge in [-0.1, -0.05) is 25.7 Å². The van der Waals surface area contributed by atoms with Gasteiger partial charge in [-0.25, -0.2) is 13.2 Å². The fourth-order valence-corrected chi connectivity index (χ4v) is 7.89. The molecule has 2 aliphatic heterocycles. The van der Waals surface area contributed by atoms with Crippen molar-refractivity contribution >= 4 is 15.9 Å². The highest BCUT2D eigenvalue weighted by molar-refractivity contribution is 7.91. The lowest BCUT2D eigenvalue weighted by Crippen LogP contribution is -2.54. The highest BCUT2D eigenvalue weighted by atomic mass is 32.2. The second-order valence-electron chi connectivity index (χ2n) is 9.05. The van der Waals surface area contributed by atoms with Gasteiger partial charge in [0.05, 0.1) is 17.1 Å². The number of hydrogen-bond acceptors (Lipinski definition) is 4. The van der Waals surface area contributed by atoms with E-state index in [4.69, 9.17) is 4.74 Å². The Morgan fingerprint density at radius 2 is 1.73 bits per heavy atom. The minimum atomic E-state index is -3.00. The zero-order valence-electron chi connectivity index (χ0n) is 15.6. The predicted molar refractivity (Wildman–Crippen MR) is 99.8 cm³/mol. The standard InChI is InChI=1S/C19H32N2O4S/c22-17(21-16-5-4-9-18(16)7-2-1-3-8-18)20-15-6-11-25-19(13-15)10-12-26(23,24)14-19/h15-16H,1-14H2,(H2,20,21,22). The van der Waals surface area contributed by atoms with Gasteiger partial charge < -0.3 is 15.4 Å². The molecular formula is C19H32N2O4S. The monoisotopic (exact) mass is 384 g/mol. The van der Waals surface area contributed by atoms with Gasteiger partial charge in [0.25, 0.3) is 0 Å². The Morgan fingerprint density at radius 3 is 2.46 bits per heavy atom. The molecule has 2 aliphatic carbocycles. The molecule has 2 amide bonds. The van der Waals surface area contributed by atoms with Gasteiger partial charge in [0.1, 0.15) is 0 Å². The second-order valence-corrected chi connectivity index (χ2v) is 11.2. The molecule has 2 spiro atoms. The minimum absolute atomic E-state index is 0.000703. The lowest BCUT2D eigenvalue weighted by molar-refractivity contribution is -0.0687. The third kappa shape index (κ3) is 3.75. The summed E-state index contributed by atoms with van der Waals surface area (Å²) in [6.45, 7) is 0.522. The molecule has 0 aromatic heterocycles. The molecule has 7 heteroatoms. The van der Waals surface area contributed by atoms with Crippen LogP contribution in [0.4, 0.5) is 4.79 Å². The summed E-state index contributed by atoms with van der Waals surface area (Å²) in [5, 5.41) is 6.39. The molecule has 2 N–H and O–H groups in total. The number of rotatable bonds is 2. The Balaban J connectivity index is 1.33. The predicted octanol–water partition coefficient (Wildman–Crippen LogP) is 2.52. The zero-order valence-corrected chi connectivity index (χ0v) is 16.4. The van der Waals surface area contributed by atoms with Crippen LogP contribution >= 0.6 is 0 Å². The molecule has 4 aliphatic rings. The van der Waals surface area contributed by atoms with Crippen molar-refractivity contribution in [1.29, 1.82) is 0 Å². The van der Waals surface area contributed by atoms with Crippen LogP contribution in [0, 0.1) is 5.41 Å². The van der Waals surface area contributed by atoms with Crippen LogP contribution in [0.15, 0.2) is 0 Å². The van der Waals surface area contributed by atoms with E-state index in [1.807, 2.05) is 0 Å². The number of carbonyl (C=O) groups is 1. The van der Waals surface area contributed by atoms with Gasteiger partial charge in [0.2, 0.25) is 0 Å². The molecule has 4 fully saturated rings. The Bertz CT molecular complexity index is 644. The Kier molecular flexibility index (Phi) is 4.97. The average Bonchev–Trinajstić information content (AvgIpc) is 3.09. The molecule has 2 saturated carbocycles. The van der Waals surface area contributed by atoms with E-state index in [-0.39, 0.29) is 23.6 Å². The first-order valence-corrected chi connectivity index (χ1v) is 12.1. The van der Waals surface area contributed by atoms with E-state index in [1.54, 1.807) is 0 Å². The van der Waals surface area contributed by atoms with Crippen LogP contribution in [0.25, 0.3) is 0 Å². The smallest absolute Gasteiger partial charge is 0.315 e. The first kappa shape index (κ1) is 18.5. The number of hydrogen-bond donors (Lipinski definition) is 2. The number of urea groups is 1. The lowest BCUT2D eigenvalue weighted by atomic mass is 9.70. The van der Waals surface area contributed by atoms with Crippen molar-refractivity contribution < 1.29 is 17.9 Å². The van der Waals surface area contributed by atoms with E-state index in [1.165, 1.54) is 44.9 Å². The quantitative estimate of drug-likeness (QED) is 0.766. The molecule has 0 aromatic rings. The SMILES string of the molecule is O=C(NC1CCOC2(CCS(=O)(=O)C2)C1)NC1CCCC12CCCCC2.